The van der Waals surface area contributed by atoms with Gasteiger partial charge in [-0.05, 0) is 25.5 Å². The van der Waals surface area contributed by atoms with Crippen LogP contribution in [-0.4, -0.2) is 46.9 Å². The SMILES string of the molecule is COCCN1C(=O)C(O)=C(C(=O)c2sc(C)nc2C)C1c1ccccc1Br. The van der Waals surface area contributed by atoms with Crippen LogP contribution >= 0.6 is 27.3 Å². The molecule has 0 saturated heterocycles. The Kier molecular flexibility index (Phi) is 5.78. The smallest absolute Gasteiger partial charge is 0.290 e. The molecule has 1 amide bonds. The van der Waals surface area contributed by atoms with Gasteiger partial charge in [0.05, 0.1) is 33.8 Å². The molecule has 0 aliphatic carbocycles. The largest absolute Gasteiger partial charge is 0.503 e. The van der Waals surface area contributed by atoms with Crippen molar-refractivity contribution in [3.05, 3.63) is 61.2 Å². The molecule has 1 unspecified atom stereocenters. The molecule has 0 radical (unpaired) electrons. The minimum Gasteiger partial charge on any atom is -0.503 e. The van der Waals surface area contributed by atoms with Gasteiger partial charge in [0.25, 0.3) is 5.91 Å². The van der Waals surface area contributed by atoms with E-state index in [9.17, 15) is 14.7 Å². The second-order valence-electron chi connectivity index (χ2n) is 6.15. The number of aliphatic hydroxyl groups is 1. The van der Waals surface area contributed by atoms with Crippen molar-refractivity contribution in [3.63, 3.8) is 0 Å². The highest BCUT2D eigenvalue weighted by Gasteiger charge is 2.44. The number of carbonyl (C=O) groups is 2. The fourth-order valence-electron chi connectivity index (χ4n) is 3.19. The summed E-state index contributed by atoms with van der Waals surface area (Å²) < 4.78 is 5.86. The number of carbonyl (C=O) groups excluding carboxylic acids is 2. The first kappa shape index (κ1) is 19.7. The van der Waals surface area contributed by atoms with Crippen LogP contribution in [0.15, 0.2) is 40.1 Å². The number of hydrogen-bond acceptors (Lipinski definition) is 6. The summed E-state index contributed by atoms with van der Waals surface area (Å²) in [5.74, 6) is -1.46. The minimum absolute atomic E-state index is 0.0785. The van der Waals surface area contributed by atoms with Crippen molar-refractivity contribution in [1.82, 2.24) is 9.88 Å². The fourth-order valence-corrected chi connectivity index (χ4v) is 4.57. The predicted molar refractivity (Wildman–Crippen MR) is 106 cm³/mol. The lowest BCUT2D eigenvalue weighted by Crippen LogP contribution is -2.34. The molecule has 1 aromatic heterocycles. The van der Waals surface area contributed by atoms with Crippen LogP contribution in [0, 0.1) is 13.8 Å². The van der Waals surface area contributed by atoms with Crippen LogP contribution in [0.3, 0.4) is 0 Å². The quantitative estimate of drug-likeness (QED) is 0.677. The van der Waals surface area contributed by atoms with Crippen molar-refractivity contribution in [2.24, 2.45) is 0 Å². The molecule has 8 heteroatoms. The number of rotatable bonds is 6. The normalized spacial score (nSPS) is 17.1. The van der Waals surface area contributed by atoms with Gasteiger partial charge in [-0.25, -0.2) is 4.98 Å². The predicted octanol–water partition coefficient (Wildman–Crippen LogP) is 3.75. The zero-order valence-corrected chi connectivity index (χ0v) is 17.6. The van der Waals surface area contributed by atoms with Crippen LogP contribution in [0.2, 0.25) is 0 Å². The van der Waals surface area contributed by atoms with Crippen molar-refractivity contribution in [2.75, 3.05) is 20.3 Å². The van der Waals surface area contributed by atoms with Gasteiger partial charge in [0.1, 0.15) is 0 Å². The number of ether oxygens (including phenoxy) is 1. The Morgan fingerprint density at radius 3 is 2.67 bits per heavy atom. The number of aliphatic hydroxyl groups excluding tert-OH is 1. The second-order valence-corrected chi connectivity index (χ2v) is 8.21. The van der Waals surface area contributed by atoms with Crippen molar-refractivity contribution in [3.8, 4) is 0 Å². The average Bonchev–Trinajstić information content (AvgIpc) is 3.10. The summed E-state index contributed by atoms with van der Waals surface area (Å²) in [6, 6.07) is 6.66. The van der Waals surface area contributed by atoms with Crippen LogP contribution in [0.25, 0.3) is 0 Å². The molecular weight excluding hydrogens is 432 g/mol. The molecule has 0 saturated carbocycles. The lowest BCUT2D eigenvalue weighted by atomic mass is 9.95. The maximum atomic E-state index is 13.3. The van der Waals surface area contributed by atoms with Crippen LogP contribution in [0.4, 0.5) is 0 Å². The topological polar surface area (TPSA) is 79.7 Å². The zero-order valence-electron chi connectivity index (χ0n) is 15.2. The van der Waals surface area contributed by atoms with Crippen LogP contribution in [0.1, 0.15) is 32.0 Å². The highest BCUT2D eigenvalue weighted by molar-refractivity contribution is 9.10. The lowest BCUT2D eigenvalue weighted by molar-refractivity contribution is -0.130. The van der Waals surface area contributed by atoms with Crippen LogP contribution < -0.4 is 0 Å². The molecule has 2 aromatic rings. The van der Waals surface area contributed by atoms with Crippen LogP contribution in [0.5, 0.6) is 0 Å². The fraction of sp³-hybridized carbons (Fsp3) is 0.316. The van der Waals surface area contributed by atoms with Crippen molar-refractivity contribution < 1.29 is 19.4 Å². The van der Waals surface area contributed by atoms with E-state index in [4.69, 9.17) is 4.74 Å². The number of Topliss-reactive ketones (excluding diaryl/α,β-unsaturated/α-hetero) is 1. The maximum Gasteiger partial charge on any atom is 0.290 e. The van der Waals surface area contributed by atoms with Gasteiger partial charge in [-0.3, -0.25) is 9.59 Å². The van der Waals surface area contributed by atoms with E-state index in [-0.39, 0.29) is 17.9 Å². The van der Waals surface area contributed by atoms with E-state index in [2.05, 4.69) is 20.9 Å². The minimum atomic E-state index is -0.697. The highest BCUT2D eigenvalue weighted by Crippen LogP contribution is 2.42. The summed E-state index contributed by atoms with van der Waals surface area (Å²) in [6.45, 7) is 4.11. The standard InChI is InChI=1S/C19H19BrN2O4S/c1-10-18(27-11(2)21-10)16(23)14-15(12-6-4-5-7-13(12)20)22(8-9-26-3)19(25)17(14)24/h4-7,15,24H,8-9H2,1-3H3. The van der Waals surface area contributed by atoms with E-state index in [1.165, 1.54) is 23.3 Å². The number of ketones is 1. The first-order chi connectivity index (χ1) is 12.9. The molecule has 1 aromatic carbocycles. The van der Waals surface area contributed by atoms with Gasteiger partial charge < -0.3 is 14.7 Å². The molecular formula is C19H19BrN2O4S. The summed E-state index contributed by atoms with van der Waals surface area (Å²) in [7, 11) is 1.54. The molecule has 0 fully saturated rings. The van der Waals surface area contributed by atoms with E-state index in [1.54, 1.807) is 6.92 Å². The van der Waals surface area contributed by atoms with Gasteiger partial charge in [0.2, 0.25) is 5.78 Å². The third-order valence-corrected chi connectivity index (χ3v) is 6.19. The molecule has 1 N–H and O–H groups in total. The Hall–Kier alpha value is -2.03. The molecule has 0 bridgehead atoms. The van der Waals surface area contributed by atoms with Crippen LogP contribution in [-0.2, 0) is 9.53 Å². The Morgan fingerprint density at radius 2 is 2.07 bits per heavy atom. The number of benzene rings is 1. The monoisotopic (exact) mass is 450 g/mol. The zero-order chi connectivity index (χ0) is 19.7. The number of nitrogens with zero attached hydrogens (tertiary/aromatic N) is 2. The van der Waals surface area contributed by atoms with E-state index in [1.807, 2.05) is 31.2 Å². The number of methoxy groups -OCH3 is 1. The van der Waals surface area contributed by atoms with E-state index in [0.29, 0.717) is 17.2 Å². The lowest BCUT2D eigenvalue weighted by Gasteiger charge is -2.27. The van der Waals surface area contributed by atoms with Crippen molar-refractivity contribution in [1.29, 1.82) is 0 Å². The number of halogens is 1. The molecule has 0 spiro atoms. The van der Waals surface area contributed by atoms with Gasteiger partial charge in [-0.2, -0.15) is 0 Å². The number of thiazole rings is 1. The van der Waals surface area contributed by atoms with E-state index in [0.717, 1.165) is 15.0 Å². The van der Waals surface area contributed by atoms with Crippen molar-refractivity contribution >= 4 is 39.0 Å². The van der Waals surface area contributed by atoms with Crippen molar-refractivity contribution in [2.45, 2.75) is 19.9 Å². The third kappa shape index (κ3) is 3.56. The first-order valence-corrected chi connectivity index (χ1v) is 9.94. The van der Waals surface area contributed by atoms with Gasteiger partial charge in [0.15, 0.2) is 5.76 Å². The molecule has 3 rings (SSSR count). The molecule has 27 heavy (non-hydrogen) atoms. The van der Waals surface area contributed by atoms with E-state index >= 15 is 0 Å². The van der Waals surface area contributed by atoms with Gasteiger partial charge in [-0.15, -0.1) is 11.3 Å². The maximum absolute atomic E-state index is 13.3. The summed E-state index contributed by atoms with van der Waals surface area (Å²) in [5.41, 5.74) is 1.40. The average molecular weight is 451 g/mol. The molecule has 1 atom stereocenters. The summed E-state index contributed by atoms with van der Waals surface area (Å²) in [5, 5.41) is 11.3. The summed E-state index contributed by atoms with van der Waals surface area (Å²) in [4.78, 5) is 32.2. The third-order valence-electron chi connectivity index (χ3n) is 4.39. The Morgan fingerprint density at radius 1 is 1.37 bits per heavy atom. The molecule has 1 aliphatic heterocycles. The van der Waals surface area contributed by atoms with E-state index < -0.39 is 17.7 Å². The number of aromatic nitrogens is 1. The molecule has 1 aliphatic rings. The van der Waals surface area contributed by atoms with Gasteiger partial charge in [-0.1, -0.05) is 34.1 Å². The number of aryl methyl sites for hydroxylation is 2. The molecule has 6 nitrogen and oxygen atoms in total. The summed E-state index contributed by atoms with van der Waals surface area (Å²) in [6.07, 6.45) is 0. The Balaban J connectivity index is 2.13. The highest BCUT2D eigenvalue weighted by atomic mass is 79.9. The Bertz CT molecular complexity index is 938. The number of hydrogen-bond donors (Lipinski definition) is 1. The van der Waals surface area contributed by atoms with Gasteiger partial charge in [0, 0.05) is 18.1 Å². The van der Waals surface area contributed by atoms with Gasteiger partial charge >= 0.3 is 0 Å². The molecule has 2 heterocycles. The summed E-state index contributed by atoms with van der Waals surface area (Å²) >= 11 is 4.76. The number of amides is 1. The first-order valence-electron chi connectivity index (χ1n) is 8.33. The Labute approximate surface area is 169 Å². The molecule has 142 valence electrons. The second kappa shape index (κ2) is 7.92.